The van der Waals surface area contributed by atoms with Gasteiger partial charge >= 0.3 is 7.12 Å². The van der Waals surface area contributed by atoms with Crippen molar-refractivity contribution in [2.45, 2.75) is 25.7 Å². The monoisotopic (exact) mass is 250 g/mol. The van der Waals surface area contributed by atoms with Gasteiger partial charge < -0.3 is 19.5 Å². The number of methoxy groups -OCH3 is 1. The predicted molar refractivity (Wildman–Crippen MR) is 70.3 cm³/mol. The molecule has 0 unspecified atom stereocenters. The van der Waals surface area contributed by atoms with Crippen LogP contribution < -0.4 is 14.9 Å². The topological polar surface area (TPSA) is 58.9 Å². The van der Waals surface area contributed by atoms with Crippen molar-refractivity contribution < 1.29 is 19.5 Å². The van der Waals surface area contributed by atoms with Gasteiger partial charge in [0.15, 0.2) is 0 Å². The molecule has 0 heterocycles. The molecule has 0 bridgehead atoms. The summed E-state index contributed by atoms with van der Waals surface area (Å²) in [6, 6.07) is 5.08. The van der Waals surface area contributed by atoms with Gasteiger partial charge in [-0.3, -0.25) is 0 Å². The summed E-state index contributed by atoms with van der Waals surface area (Å²) in [7, 11) is 0.000687. The van der Waals surface area contributed by atoms with Gasteiger partial charge in [0.1, 0.15) is 11.5 Å². The average molecular weight is 250 g/mol. The van der Waals surface area contributed by atoms with Gasteiger partial charge in [-0.2, -0.15) is 0 Å². The Kier molecular flexibility index (Phi) is 4.50. The van der Waals surface area contributed by atoms with Crippen molar-refractivity contribution in [3.63, 3.8) is 0 Å². The minimum absolute atomic E-state index is 0.354. The molecule has 1 saturated carbocycles. The van der Waals surface area contributed by atoms with E-state index in [1.165, 1.54) is 25.7 Å². The summed E-state index contributed by atoms with van der Waals surface area (Å²) in [4.78, 5) is 0. The molecule has 2 N–H and O–H groups in total. The molecule has 0 aromatic heterocycles. The van der Waals surface area contributed by atoms with E-state index in [0.717, 1.165) is 0 Å². The summed E-state index contributed by atoms with van der Waals surface area (Å²) >= 11 is 0. The summed E-state index contributed by atoms with van der Waals surface area (Å²) in [5.41, 5.74) is 0.354. The number of benzene rings is 1. The summed E-state index contributed by atoms with van der Waals surface area (Å²) in [6.07, 6.45) is 4.94. The molecule has 1 aromatic rings. The molecular formula is C13H19BO4. The van der Waals surface area contributed by atoms with E-state index >= 15 is 0 Å². The Labute approximate surface area is 108 Å². The van der Waals surface area contributed by atoms with Crippen molar-refractivity contribution in [1.29, 1.82) is 0 Å². The van der Waals surface area contributed by atoms with Crippen LogP contribution in [-0.4, -0.2) is 30.9 Å². The van der Waals surface area contributed by atoms with E-state index in [0.29, 0.717) is 29.5 Å². The summed E-state index contributed by atoms with van der Waals surface area (Å²) in [5, 5.41) is 18.7. The fourth-order valence-electron chi connectivity index (χ4n) is 2.37. The zero-order chi connectivity index (χ0) is 13.0. The summed E-state index contributed by atoms with van der Waals surface area (Å²) in [5.74, 6) is 1.71. The van der Waals surface area contributed by atoms with Crippen LogP contribution in [0.2, 0.25) is 0 Å². The molecule has 1 aliphatic carbocycles. The highest BCUT2D eigenvalue weighted by molar-refractivity contribution is 6.59. The van der Waals surface area contributed by atoms with Gasteiger partial charge in [0, 0.05) is 5.46 Å². The van der Waals surface area contributed by atoms with Crippen LogP contribution in [0.25, 0.3) is 0 Å². The molecule has 98 valence electrons. The highest BCUT2D eigenvalue weighted by atomic mass is 16.5. The van der Waals surface area contributed by atoms with Crippen molar-refractivity contribution in [1.82, 2.24) is 0 Å². The van der Waals surface area contributed by atoms with Crippen molar-refractivity contribution in [2.75, 3.05) is 13.7 Å². The Morgan fingerprint density at radius 3 is 2.61 bits per heavy atom. The third-order valence-corrected chi connectivity index (χ3v) is 3.44. The molecular weight excluding hydrogens is 231 g/mol. The summed E-state index contributed by atoms with van der Waals surface area (Å²) in [6.45, 7) is 0.645. The van der Waals surface area contributed by atoms with E-state index in [-0.39, 0.29) is 0 Å². The molecule has 2 rings (SSSR count). The van der Waals surface area contributed by atoms with Crippen molar-refractivity contribution in [2.24, 2.45) is 5.92 Å². The van der Waals surface area contributed by atoms with E-state index in [2.05, 4.69) is 0 Å². The molecule has 0 atom stereocenters. The standard InChI is InChI=1S/C13H19BO4/c1-17-11-6-7-13(12(8-11)14(15)16)18-9-10-4-2-3-5-10/h6-8,10,15-16H,2-5,9H2,1H3. The van der Waals surface area contributed by atoms with Gasteiger partial charge in [0.2, 0.25) is 0 Å². The Morgan fingerprint density at radius 1 is 1.28 bits per heavy atom. The maximum absolute atomic E-state index is 9.34. The SMILES string of the molecule is COc1ccc(OCC2CCCC2)c(B(O)O)c1. The average Bonchev–Trinajstić information content (AvgIpc) is 2.89. The smallest absolute Gasteiger partial charge is 0.492 e. The van der Waals surface area contributed by atoms with Crippen LogP contribution in [0.3, 0.4) is 0 Å². The third kappa shape index (κ3) is 3.18. The van der Waals surface area contributed by atoms with Crippen molar-refractivity contribution in [3.8, 4) is 11.5 Å². The molecule has 1 aliphatic rings. The molecule has 0 aliphatic heterocycles. The zero-order valence-electron chi connectivity index (χ0n) is 10.6. The first-order valence-corrected chi connectivity index (χ1v) is 6.37. The van der Waals surface area contributed by atoms with E-state index in [9.17, 15) is 10.0 Å². The maximum atomic E-state index is 9.34. The van der Waals surface area contributed by atoms with E-state index in [1.807, 2.05) is 0 Å². The number of hydrogen-bond donors (Lipinski definition) is 2. The van der Waals surface area contributed by atoms with Gasteiger partial charge in [-0.05, 0) is 37.0 Å². The lowest BCUT2D eigenvalue weighted by atomic mass is 9.79. The van der Waals surface area contributed by atoms with E-state index in [1.54, 1.807) is 25.3 Å². The molecule has 0 saturated heterocycles. The largest absolute Gasteiger partial charge is 0.497 e. The number of hydrogen-bond acceptors (Lipinski definition) is 4. The fourth-order valence-corrected chi connectivity index (χ4v) is 2.37. The van der Waals surface area contributed by atoms with Crippen LogP contribution in [-0.2, 0) is 0 Å². The van der Waals surface area contributed by atoms with Gasteiger partial charge in [0.05, 0.1) is 13.7 Å². The van der Waals surface area contributed by atoms with Gasteiger partial charge in [0.25, 0.3) is 0 Å². The first kappa shape index (κ1) is 13.2. The van der Waals surface area contributed by atoms with Crippen LogP contribution >= 0.6 is 0 Å². The second-order valence-corrected chi connectivity index (χ2v) is 4.74. The lowest BCUT2D eigenvalue weighted by Gasteiger charge is -2.15. The van der Waals surface area contributed by atoms with E-state index < -0.39 is 7.12 Å². The Hall–Kier alpha value is -1.20. The van der Waals surface area contributed by atoms with Gasteiger partial charge in [-0.15, -0.1) is 0 Å². The van der Waals surface area contributed by atoms with Crippen LogP contribution in [0.5, 0.6) is 11.5 Å². The summed E-state index contributed by atoms with van der Waals surface area (Å²) < 4.78 is 10.8. The van der Waals surface area contributed by atoms with Crippen molar-refractivity contribution >= 4 is 12.6 Å². The Bertz CT molecular complexity index is 389. The Morgan fingerprint density at radius 2 is 2.00 bits per heavy atom. The minimum Gasteiger partial charge on any atom is -0.497 e. The molecule has 5 heteroatoms. The van der Waals surface area contributed by atoms with Gasteiger partial charge in [-0.25, -0.2) is 0 Å². The lowest BCUT2D eigenvalue weighted by Crippen LogP contribution is -2.32. The first-order valence-electron chi connectivity index (χ1n) is 6.37. The zero-order valence-corrected chi connectivity index (χ0v) is 10.6. The quantitative estimate of drug-likeness (QED) is 0.764. The van der Waals surface area contributed by atoms with Crippen LogP contribution in [0.15, 0.2) is 18.2 Å². The minimum atomic E-state index is -1.54. The molecule has 0 radical (unpaired) electrons. The number of rotatable bonds is 5. The lowest BCUT2D eigenvalue weighted by molar-refractivity contribution is 0.252. The second-order valence-electron chi connectivity index (χ2n) is 4.74. The molecule has 0 spiro atoms. The third-order valence-electron chi connectivity index (χ3n) is 3.44. The normalized spacial score (nSPS) is 15.7. The van der Waals surface area contributed by atoms with Crippen LogP contribution in [0.4, 0.5) is 0 Å². The highest BCUT2D eigenvalue weighted by Crippen LogP contribution is 2.25. The van der Waals surface area contributed by atoms with E-state index in [4.69, 9.17) is 9.47 Å². The molecule has 1 aromatic carbocycles. The second kappa shape index (κ2) is 6.11. The van der Waals surface area contributed by atoms with Crippen molar-refractivity contribution in [3.05, 3.63) is 18.2 Å². The molecule has 0 amide bonds. The first-order chi connectivity index (χ1) is 8.70. The van der Waals surface area contributed by atoms with Gasteiger partial charge in [-0.1, -0.05) is 12.8 Å². The molecule has 18 heavy (non-hydrogen) atoms. The predicted octanol–water partition coefficient (Wildman–Crippen LogP) is 0.944. The molecule has 4 nitrogen and oxygen atoms in total. The fraction of sp³-hybridized carbons (Fsp3) is 0.538. The Balaban J connectivity index is 2.05. The highest BCUT2D eigenvalue weighted by Gasteiger charge is 2.20. The number of ether oxygens (including phenoxy) is 2. The van der Waals surface area contributed by atoms with Crippen LogP contribution in [0.1, 0.15) is 25.7 Å². The molecule has 1 fully saturated rings. The van der Waals surface area contributed by atoms with Crippen LogP contribution in [0, 0.1) is 5.92 Å². The maximum Gasteiger partial charge on any atom is 0.492 e.